The minimum atomic E-state index is -3.82. The van der Waals surface area contributed by atoms with E-state index in [2.05, 4.69) is 4.72 Å². The van der Waals surface area contributed by atoms with Crippen molar-refractivity contribution in [2.75, 3.05) is 4.72 Å². The second-order valence-electron chi connectivity index (χ2n) is 3.99. The van der Waals surface area contributed by atoms with E-state index in [0.29, 0.717) is 27.6 Å². The van der Waals surface area contributed by atoms with Gasteiger partial charge in [0, 0.05) is 5.02 Å². The summed E-state index contributed by atoms with van der Waals surface area (Å²) in [6, 6.07) is 7.36. The molecule has 2 aromatic rings. The van der Waals surface area contributed by atoms with E-state index in [9.17, 15) is 13.2 Å². The molecule has 5 nitrogen and oxygen atoms in total. The molecule has 0 saturated carbocycles. The molecule has 0 amide bonds. The van der Waals surface area contributed by atoms with E-state index in [1.165, 1.54) is 18.2 Å². The zero-order valence-corrected chi connectivity index (χ0v) is 12.6. The van der Waals surface area contributed by atoms with Gasteiger partial charge in [-0.15, -0.1) is 11.3 Å². The van der Waals surface area contributed by atoms with Gasteiger partial charge in [0.1, 0.15) is 9.09 Å². The summed E-state index contributed by atoms with van der Waals surface area (Å²) in [4.78, 5) is 10.7. The Labute approximate surface area is 124 Å². The van der Waals surface area contributed by atoms with Crippen molar-refractivity contribution in [3.05, 3.63) is 45.8 Å². The van der Waals surface area contributed by atoms with Crippen molar-refractivity contribution in [3.63, 3.8) is 0 Å². The summed E-state index contributed by atoms with van der Waals surface area (Å²) in [5.74, 6) is -1.16. The largest absolute Gasteiger partial charge is 0.477 e. The highest BCUT2D eigenvalue weighted by molar-refractivity contribution is 7.94. The molecule has 8 heteroatoms. The first kappa shape index (κ1) is 14.8. The smallest absolute Gasteiger partial charge is 0.345 e. The van der Waals surface area contributed by atoms with E-state index in [1.807, 2.05) is 0 Å². The quantitative estimate of drug-likeness (QED) is 0.901. The van der Waals surface area contributed by atoms with Crippen molar-refractivity contribution < 1.29 is 18.3 Å². The maximum Gasteiger partial charge on any atom is 0.345 e. The minimum absolute atomic E-state index is 0.0341. The van der Waals surface area contributed by atoms with Gasteiger partial charge in [-0.1, -0.05) is 17.7 Å². The summed E-state index contributed by atoms with van der Waals surface area (Å²) in [5, 5.41) is 9.22. The van der Waals surface area contributed by atoms with Gasteiger partial charge in [-0.05, 0) is 36.8 Å². The van der Waals surface area contributed by atoms with E-state index in [0.717, 1.165) is 0 Å². The van der Waals surface area contributed by atoms with E-state index in [1.54, 1.807) is 19.1 Å². The molecule has 0 spiro atoms. The molecule has 0 radical (unpaired) electrons. The summed E-state index contributed by atoms with van der Waals surface area (Å²) in [6.07, 6.45) is 0. The molecule has 106 valence electrons. The number of aromatic carboxylic acids is 1. The van der Waals surface area contributed by atoms with Crippen LogP contribution < -0.4 is 4.72 Å². The Bertz CT molecular complexity index is 768. The van der Waals surface area contributed by atoms with Crippen molar-refractivity contribution in [2.24, 2.45) is 0 Å². The number of carboxylic acid groups (broad SMARTS) is 1. The molecule has 1 aromatic carbocycles. The molecule has 0 aliphatic carbocycles. The van der Waals surface area contributed by atoms with Crippen LogP contribution in [0.2, 0.25) is 5.02 Å². The minimum Gasteiger partial charge on any atom is -0.477 e. The second-order valence-corrected chi connectivity index (χ2v) is 7.42. The highest BCUT2D eigenvalue weighted by Gasteiger charge is 2.19. The molecule has 0 bridgehead atoms. The summed E-state index contributed by atoms with van der Waals surface area (Å²) < 4.78 is 26.7. The van der Waals surface area contributed by atoms with E-state index < -0.39 is 16.0 Å². The number of sulfonamides is 1. The number of rotatable bonds is 4. The first-order valence-electron chi connectivity index (χ1n) is 5.42. The molecule has 0 aliphatic rings. The fraction of sp³-hybridized carbons (Fsp3) is 0.0833. The maximum absolute atomic E-state index is 12.2. The van der Waals surface area contributed by atoms with Crippen LogP contribution >= 0.6 is 22.9 Å². The van der Waals surface area contributed by atoms with Gasteiger partial charge < -0.3 is 5.11 Å². The number of aryl methyl sites for hydroxylation is 1. The molecule has 2 rings (SSSR count). The number of anilines is 1. The number of hydrogen-bond donors (Lipinski definition) is 2. The van der Waals surface area contributed by atoms with Crippen molar-refractivity contribution in [2.45, 2.75) is 11.1 Å². The topological polar surface area (TPSA) is 83.5 Å². The Morgan fingerprint density at radius 3 is 2.60 bits per heavy atom. The van der Waals surface area contributed by atoms with Crippen LogP contribution in [-0.2, 0) is 10.0 Å². The third-order valence-electron chi connectivity index (χ3n) is 2.50. The number of benzene rings is 1. The third-order valence-corrected chi connectivity index (χ3v) is 5.67. The molecule has 0 aliphatic heterocycles. The predicted molar refractivity (Wildman–Crippen MR) is 78.3 cm³/mol. The van der Waals surface area contributed by atoms with Gasteiger partial charge in [-0.2, -0.15) is 0 Å². The van der Waals surface area contributed by atoms with Gasteiger partial charge >= 0.3 is 5.97 Å². The zero-order valence-electron chi connectivity index (χ0n) is 10.3. The summed E-state index contributed by atoms with van der Waals surface area (Å²) in [7, 11) is -3.82. The summed E-state index contributed by atoms with van der Waals surface area (Å²) in [5.41, 5.74) is 1.08. The fourth-order valence-electron chi connectivity index (χ4n) is 1.48. The van der Waals surface area contributed by atoms with Crippen LogP contribution in [0, 0.1) is 6.92 Å². The standard InChI is InChI=1S/C12H10ClNO4S2/c1-7-2-3-8(13)6-9(7)14-20(17,18)11-5-4-10(19-11)12(15)16/h2-6,14H,1H3,(H,15,16). The first-order chi connectivity index (χ1) is 9.29. The summed E-state index contributed by atoms with van der Waals surface area (Å²) >= 11 is 6.52. The van der Waals surface area contributed by atoms with Gasteiger partial charge in [-0.25, -0.2) is 13.2 Å². The van der Waals surface area contributed by atoms with Crippen LogP contribution in [0.25, 0.3) is 0 Å². The molecule has 0 atom stereocenters. The van der Waals surface area contributed by atoms with Crippen LogP contribution in [0.1, 0.15) is 15.2 Å². The molecule has 0 unspecified atom stereocenters. The lowest BCUT2D eigenvalue weighted by molar-refractivity contribution is 0.0702. The van der Waals surface area contributed by atoms with Crippen LogP contribution in [0.3, 0.4) is 0 Å². The predicted octanol–water partition coefficient (Wildman–Crippen LogP) is 3.21. The molecule has 1 heterocycles. The fourth-order valence-corrected chi connectivity index (χ4v) is 3.92. The van der Waals surface area contributed by atoms with Gasteiger partial charge in [0.15, 0.2) is 0 Å². The SMILES string of the molecule is Cc1ccc(Cl)cc1NS(=O)(=O)c1ccc(C(=O)O)s1. The van der Waals surface area contributed by atoms with Crippen molar-refractivity contribution in [1.82, 2.24) is 0 Å². The van der Waals surface area contributed by atoms with Crippen molar-refractivity contribution in [1.29, 1.82) is 0 Å². The highest BCUT2D eigenvalue weighted by Crippen LogP contribution is 2.27. The molecular weight excluding hydrogens is 322 g/mol. The van der Waals surface area contributed by atoms with E-state index in [4.69, 9.17) is 16.7 Å². The van der Waals surface area contributed by atoms with Crippen LogP contribution in [0.15, 0.2) is 34.5 Å². The Hall–Kier alpha value is -1.57. The maximum atomic E-state index is 12.2. The monoisotopic (exact) mass is 331 g/mol. The lowest BCUT2D eigenvalue weighted by atomic mass is 10.2. The van der Waals surface area contributed by atoms with Crippen molar-refractivity contribution >= 4 is 44.6 Å². The molecule has 1 aromatic heterocycles. The van der Waals surface area contributed by atoms with Crippen LogP contribution in [-0.4, -0.2) is 19.5 Å². The Morgan fingerprint density at radius 1 is 1.30 bits per heavy atom. The Balaban J connectivity index is 2.35. The van der Waals surface area contributed by atoms with Crippen LogP contribution in [0.5, 0.6) is 0 Å². The second kappa shape index (κ2) is 5.43. The number of carbonyl (C=O) groups is 1. The average molecular weight is 332 g/mol. The zero-order chi connectivity index (χ0) is 14.9. The molecular formula is C12H10ClNO4S2. The van der Waals surface area contributed by atoms with Crippen molar-refractivity contribution in [3.8, 4) is 0 Å². The van der Waals surface area contributed by atoms with Gasteiger partial charge in [-0.3, -0.25) is 4.72 Å². The first-order valence-corrected chi connectivity index (χ1v) is 8.09. The van der Waals surface area contributed by atoms with Gasteiger partial charge in [0.05, 0.1) is 5.69 Å². The van der Waals surface area contributed by atoms with Gasteiger partial charge in [0.2, 0.25) is 0 Å². The number of halogens is 1. The highest BCUT2D eigenvalue weighted by atomic mass is 35.5. The number of nitrogens with one attached hydrogen (secondary N) is 1. The normalized spacial score (nSPS) is 11.3. The van der Waals surface area contributed by atoms with E-state index >= 15 is 0 Å². The lowest BCUT2D eigenvalue weighted by Gasteiger charge is -2.09. The molecule has 2 N–H and O–H groups in total. The third kappa shape index (κ3) is 3.12. The average Bonchev–Trinajstić information content (AvgIpc) is 2.84. The molecule has 0 fully saturated rings. The Morgan fingerprint density at radius 2 is 2.00 bits per heavy atom. The van der Waals surface area contributed by atoms with Gasteiger partial charge in [0.25, 0.3) is 10.0 Å². The number of hydrogen-bond acceptors (Lipinski definition) is 4. The number of thiophene rings is 1. The molecule has 0 saturated heterocycles. The Kier molecular flexibility index (Phi) is 4.03. The number of carboxylic acids is 1. The van der Waals surface area contributed by atoms with E-state index in [-0.39, 0.29) is 9.09 Å². The summed E-state index contributed by atoms with van der Waals surface area (Å²) in [6.45, 7) is 1.74. The van der Waals surface area contributed by atoms with Crippen LogP contribution in [0.4, 0.5) is 5.69 Å². The molecule has 20 heavy (non-hydrogen) atoms. The lowest BCUT2D eigenvalue weighted by Crippen LogP contribution is -2.12.